The van der Waals surface area contributed by atoms with E-state index < -0.39 is 0 Å². The van der Waals surface area contributed by atoms with Gasteiger partial charge in [-0.2, -0.15) is 4.98 Å². The van der Waals surface area contributed by atoms with E-state index in [0.717, 1.165) is 12.1 Å². The molecule has 0 saturated heterocycles. The molecule has 0 spiro atoms. The zero-order valence-corrected chi connectivity index (χ0v) is 14.8. The minimum Gasteiger partial charge on any atom is -0.348 e. The molecule has 24 heavy (non-hydrogen) atoms. The lowest BCUT2D eigenvalue weighted by atomic mass is 10.1. The SMILES string of the molecule is CC(C)c1noc(CCC(=O)NC(CN(C)C)c2ccccc2)n1. The second-order valence-electron chi connectivity index (χ2n) is 6.49. The second kappa shape index (κ2) is 8.59. The molecule has 0 aliphatic rings. The van der Waals surface area contributed by atoms with E-state index in [1.807, 2.05) is 58.3 Å². The van der Waals surface area contributed by atoms with Crippen molar-refractivity contribution in [3.8, 4) is 0 Å². The highest BCUT2D eigenvalue weighted by atomic mass is 16.5. The predicted molar refractivity (Wildman–Crippen MR) is 92.6 cm³/mol. The average Bonchev–Trinajstić information content (AvgIpc) is 3.02. The van der Waals surface area contributed by atoms with Crippen LogP contribution < -0.4 is 5.32 Å². The number of carbonyl (C=O) groups is 1. The van der Waals surface area contributed by atoms with Gasteiger partial charge in [-0.25, -0.2) is 0 Å². The highest BCUT2D eigenvalue weighted by Gasteiger charge is 2.16. The molecule has 6 nitrogen and oxygen atoms in total. The van der Waals surface area contributed by atoms with Crippen LogP contribution in [-0.2, 0) is 11.2 Å². The van der Waals surface area contributed by atoms with E-state index >= 15 is 0 Å². The number of benzene rings is 1. The summed E-state index contributed by atoms with van der Waals surface area (Å²) >= 11 is 0. The van der Waals surface area contributed by atoms with Crippen LogP contribution in [0.1, 0.15) is 49.5 Å². The topological polar surface area (TPSA) is 71.3 Å². The number of aryl methyl sites for hydroxylation is 1. The Kier molecular flexibility index (Phi) is 6.49. The van der Waals surface area contributed by atoms with Gasteiger partial charge in [0.25, 0.3) is 0 Å². The summed E-state index contributed by atoms with van der Waals surface area (Å²) in [6.45, 7) is 4.76. The molecule has 1 N–H and O–H groups in total. The Hall–Kier alpha value is -2.21. The molecule has 0 aliphatic carbocycles. The van der Waals surface area contributed by atoms with Crippen molar-refractivity contribution in [2.75, 3.05) is 20.6 Å². The van der Waals surface area contributed by atoms with Crippen LogP contribution in [0.3, 0.4) is 0 Å². The van der Waals surface area contributed by atoms with Crippen molar-refractivity contribution in [3.63, 3.8) is 0 Å². The molecule has 6 heteroatoms. The fourth-order valence-corrected chi connectivity index (χ4v) is 2.38. The van der Waals surface area contributed by atoms with Crippen molar-refractivity contribution < 1.29 is 9.32 Å². The molecule has 1 atom stereocenters. The van der Waals surface area contributed by atoms with E-state index in [1.54, 1.807) is 0 Å². The molecule has 1 aromatic heterocycles. The van der Waals surface area contributed by atoms with Crippen molar-refractivity contribution >= 4 is 5.91 Å². The van der Waals surface area contributed by atoms with Gasteiger partial charge in [0.05, 0.1) is 6.04 Å². The quantitative estimate of drug-likeness (QED) is 0.805. The van der Waals surface area contributed by atoms with Gasteiger partial charge in [-0.05, 0) is 19.7 Å². The maximum Gasteiger partial charge on any atom is 0.227 e. The Morgan fingerprint density at radius 1 is 1.25 bits per heavy atom. The van der Waals surface area contributed by atoms with E-state index in [2.05, 4.69) is 20.4 Å². The third-order valence-corrected chi connectivity index (χ3v) is 3.65. The van der Waals surface area contributed by atoms with Crippen molar-refractivity contribution in [1.82, 2.24) is 20.4 Å². The average molecular weight is 330 g/mol. The molecule has 1 aromatic carbocycles. The molecular formula is C18H26N4O2. The summed E-state index contributed by atoms with van der Waals surface area (Å²) in [6.07, 6.45) is 0.783. The van der Waals surface area contributed by atoms with Gasteiger partial charge in [0, 0.05) is 25.3 Å². The molecule has 0 aliphatic heterocycles. The number of rotatable bonds is 8. The lowest BCUT2D eigenvalue weighted by Crippen LogP contribution is -2.35. The summed E-state index contributed by atoms with van der Waals surface area (Å²) in [5.41, 5.74) is 1.10. The Morgan fingerprint density at radius 2 is 1.96 bits per heavy atom. The first-order valence-corrected chi connectivity index (χ1v) is 8.27. The van der Waals surface area contributed by atoms with Gasteiger partial charge in [0.15, 0.2) is 5.82 Å². The summed E-state index contributed by atoms with van der Waals surface area (Å²) in [6, 6.07) is 9.96. The van der Waals surface area contributed by atoms with Crippen molar-refractivity contribution in [3.05, 3.63) is 47.6 Å². The molecule has 0 fully saturated rings. The fourth-order valence-electron chi connectivity index (χ4n) is 2.38. The monoisotopic (exact) mass is 330 g/mol. The molecular weight excluding hydrogens is 304 g/mol. The number of nitrogens with one attached hydrogen (secondary N) is 1. The van der Waals surface area contributed by atoms with Gasteiger partial charge in [-0.1, -0.05) is 49.3 Å². The lowest BCUT2D eigenvalue weighted by molar-refractivity contribution is -0.122. The normalized spacial score (nSPS) is 12.6. The van der Waals surface area contributed by atoms with Crippen LogP contribution in [0.25, 0.3) is 0 Å². The number of hydrogen-bond donors (Lipinski definition) is 1. The molecule has 0 radical (unpaired) electrons. The molecule has 2 rings (SSSR count). The van der Waals surface area contributed by atoms with Crippen LogP contribution in [0.2, 0.25) is 0 Å². The third-order valence-electron chi connectivity index (χ3n) is 3.65. The largest absolute Gasteiger partial charge is 0.348 e. The second-order valence-corrected chi connectivity index (χ2v) is 6.49. The Bertz CT molecular complexity index is 637. The van der Waals surface area contributed by atoms with Gasteiger partial charge in [0.1, 0.15) is 0 Å². The minimum absolute atomic E-state index is 0.0185. The lowest BCUT2D eigenvalue weighted by Gasteiger charge is -2.22. The van der Waals surface area contributed by atoms with E-state index in [0.29, 0.717) is 24.6 Å². The van der Waals surface area contributed by atoms with E-state index in [9.17, 15) is 4.79 Å². The molecule has 1 heterocycles. The standard InChI is InChI=1S/C18H26N4O2/c1-13(2)18-20-17(24-21-18)11-10-16(23)19-15(12-22(3)4)14-8-6-5-7-9-14/h5-9,13,15H,10-12H2,1-4H3,(H,19,23). The molecule has 0 saturated carbocycles. The van der Waals surface area contributed by atoms with Crippen molar-refractivity contribution in [2.45, 2.75) is 38.6 Å². The van der Waals surface area contributed by atoms with Crippen molar-refractivity contribution in [2.24, 2.45) is 0 Å². The molecule has 0 bridgehead atoms. The number of likely N-dealkylation sites (N-methyl/N-ethyl adjacent to an activating group) is 1. The summed E-state index contributed by atoms with van der Waals surface area (Å²) in [4.78, 5) is 18.7. The van der Waals surface area contributed by atoms with Crippen LogP contribution in [-0.4, -0.2) is 41.6 Å². The summed E-state index contributed by atoms with van der Waals surface area (Å²) in [7, 11) is 3.99. The molecule has 1 amide bonds. The minimum atomic E-state index is -0.0392. The van der Waals surface area contributed by atoms with Gasteiger partial charge >= 0.3 is 0 Å². The first-order valence-electron chi connectivity index (χ1n) is 8.27. The van der Waals surface area contributed by atoms with Crippen LogP contribution in [0.4, 0.5) is 0 Å². The number of nitrogens with zero attached hydrogens (tertiary/aromatic N) is 3. The van der Waals surface area contributed by atoms with Gasteiger partial charge in [-0.15, -0.1) is 0 Å². The number of amides is 1. The van der Waals surface area contributed by atoms with Crippen molar-refractivity contribution in [1.29, 1.82) is 0 Å². The summed E-state index contributed by atoms with van der Waals surface area (Å²) < 4.78 is 5.18. The Morgan fingerprint density at radius 3 is 2.54 bits per heavy atom. The van der Waals surface area contributed by atoms with Crippen LogP contribution in [0.5, 0.6) is 0 Å². The maximum absolute atomic E-state index is 12.3. The van der Waals surface area contributed by atoms with Gasteiger partial charge in [0.2, 0.25) is 11.8 Å². The molecule has 1 unspecified atom stereocenters. The van der Waals surface area contributed by atoms with Crippen LogP contribution in [0, 0.1) is 0 Å². The summed E-state index contributed by atoms with van der Waals surface area (Å²) in [5, 5.41) is 7.01. The molecule has 2 aromatic rings. The first-order chi connectivity index (χ1) is 11.5. The Balaban J connectivity index is 1.92. The maximum atomic E-state index is 12.3. The van der Waals surface area contributed by atoms with Gasteiger partial charge in [-0.3, -0.25) is 4.79 Å². The van der Waals surface area contributed by atoms with Crippen LogP contribution >= 0.6 is 0 Å². The number of aromatic nitrogens is 2. The summed E-state index contributed by atoms with van der Waals surface area (Å²) in [5.74, 6) is 1.40. The number of carbonyl (C=O) groups excluding carboxylic acids is 1. The Labute approximate surface area is 143 Å². The van der Waals surface area contributed by atoms with Gasteiger partial charge < -0.3 is 14.7 Å². The first kappa shape index (κ1) is 18.1. The fraction of sp³-hybridized carbons (Fsp3) is 0.500. The highest BCUT2D eigenvalue weighted by Crippen LogP contribution is 2.14. The van der Waals surface area contributed by atoms with E-state index in [-0.39, 0.29) is 17.9 Å². The zero-order chi connectivity index (χ0) is 17.5. The number of hydrogen-bond acceptors (Lipinski definition) is 5. The zero-order valence-electron chi connectivity index (χ0n) is 14.8. The van der Waals surface area contributed by atoms with E-state index in [4.69, 9.17) is 4.52 Å². The van der Waals surface area contributed by atoms with E-state index in [1.165, 1.54) is 0 Å². The highest BCUT2D eigenvalue weighted by molar-refractivity contribution is 5.76. The smallest absolute Gasteiger partial charge is 0.227 e. The predicted octanol–water partition coefficient (Wildman–Crippen LogP) is 2.54. The third kappa shape index (κ3) is 5.45. The molecule has 130 valence electrons. The van der Waals surface area contributed by atoms with Crippen LogP contribution in [0.15, 0.2) is 34.9 Å².